The number of piperidine rings is 1. The van der Waals surface area contributed by atoms with E-state index in [0.717, 1.165) is 13.0 Å². The summed E-state index contributed by atoms with van der Waals surface area (Å²) in [6.07, 6.45) is 5.04. The summed E-state index contributed by atoms with van der Waals surface area (Å²) in [4.78, 5) is 11.5. The molecule has 0 aromatic carbocycles. The van der Waals surface area contributed by atoms with E-state index in [4.69, 9.17) is 4.74 Å². The lowest BCUT2D eigenvalue weighted by Gasteiger charge is -2.43. The van der Waals surface area contributed by atoms with Gasteiger partial charge in [-0.05, 0) is 12.3 Å². The Bertz CT molecular complexity index is 266. The van der Waals surface area contributed by atoms with Gasteiger partial charge in [0.05, 0.1) is 13.2 Å². The molecule has 1 N–H and O–H groups in total. The fourth-order valence-electron chi connectivity index (χ4n) is 2.03. The summed E-state index contributed by atoms with van der Waals surface area (Å²) in [5.74, 6) is 0.266. The molecule has 1 aliphatic carbocycles. The van der Waals surface area contributed by atoms with Crippen molar-refractivity contribution in [3.63, 3.8) is 0 Å². The Balaban J connectivity index is 2.25. The minimum atomic E-state index is -0.542. The molecule has 3 nitrogen and oxygen atoms in total. The van der Waals surface area contributed by atoms with Crippen LogP contribution in [0.25, 0.3) is 0 Å². The van der Waals surface area contributed by atoms with Gasteiger partial charge in [0, 0.05) is 6.54 Å². The number of carbonyl (C=O) groups excluding carboxylic acids is 1. The maximum atomic E-state index is 11.5. The maximum Gasteiger partial charge on any atom is 0.324 e. The van der Waals surface area contributed by atoms with Gasteiger partial charge in [0.1, 0.15) is 4.32 Å². The third-order valence-electron chi connectivity index (χ3n) is 2.75. The Hall–Kier alpha value is -0.350. The number of methoxy groups -OCH3 is 1. The molecular weight excluding hydrogens is 234 g/mol. The zero-order valence-electron chi connectivity index (χ0n) is 7.42. The smallest absolute Gasteiger partial charge is 0.324 e. The van der Waals surface area contributed by atoms with Gasteiger partial charge in [-0.2, -0.15) is 0 Å². The third-order valence-corrected chi connectivity index (χ3v) is 3.89. The lowest BCUT2D eigenvalue weighted by molar-refractivity contribution is -0.145. The van der Waals surface area contributed by atoms with Crippen LogP contribution in [0.2, 0.25) is 0 Å². The summed E-state index contributed by atoms with van der Waals surface area (Å²) in [7, 11) is 1.43. The average Bonchev–Trinajstić information content (AvgIpc) is 2.18. The molecule has 1 fully saturated rings. The van der Waals surface area contributed by atoms with Gasteiger partial charge >= 0.3 is 5.97 Å². The second-order valence-electron chi connectivity index (χ2n) is 3.59. The Labute approximate surface area is 85.6 Å². The molecule has 3 aliphatic rings. The van der Waals surface area contributed by atoms with Crippen molar-refractivity contribution in [3.05, 3.63) is 12.2 Å². The SMILES string of the molecule is COC(=O)C1(Br)CC2C=CC1NC2. The second kappa shape index (κ2) is 3.10. The number of hydrogen-bond acceptors (Lipinski definition) is 3. The molecule has 13 heavy (non-hydrogen) atoms. The Morgan fingerprint density at radius 3 is 2.85 bits per heavy atom. The van der Waals surface area contributed by atoms with E-state index >= 15 is 0 Å². The minimum absolute atomic E-state index is 0.0740. The molecule has 1 saturated heterocycles. The number of carbonyl (C=O) groups is 1. The second-order valence-corrected chi connectivity index (χ2v) is 5.00. The van der Waals surface area contributed by atoms with E-state index in [1.807, 2.05) is 6.08 Å². The zero-order valence-corrected chi connectivity index (χ0v) is 9.00. The van der Waals surface area contributed by atoms with Gasteiger partial charge in [-0.15, -0.1) is 0 Å². The predicted molar refractivity (Wildman–Crippen MR) is 52.7 cm³/mol. The zero-order chi connectivity index (χ0) is 9.47. The van der Waals surface area contributed by atoms with Gasteiger partial charge in [-0.25, -0.2) is 0 Å². The van der Waals surface area contributed by atoms with Crippen molar-refractivity contribution in [3.8, 4) is 0 Å². The van der Waals surface area contributed by atoms with E-state index in [-0.39, 0.29) is 12.0 Å². The van der Waals surface area contributed by atoms with Crippen LogP contribution >= 0.6 is 15.9 Å². The molecule has 0 aromatic heterocycles. The number of fused-ring (bicyclic) bond motifs is 2. The van der Waals surface area contributed by atoms with Gasteiger partial charge < -0.3 is 10.1 Å². The largest absolute Gasteiger partial charge is 0.468 e. The molecule has 4 heteroatoms. The summed E-state index contributed by atoms with van der Waals surface area (Å²) in [6, 6.07) is 0.0740. The summed E-state index contributed by atoms with van der Waals surface area (Å²) >= 11 is 3.49. The highest BCUT2D eigenvalue weighted by Crippen LogP contribution is 2.39. The first kappa shape index (κ1) is 9.21. The summed E-state index contributed by atoms with van der Waals surface area (Å²) in [5.41, 5.74) is 0. The van der Waals surface area contributed by atoms with Crippen LogP contribution in [0.15, 0.2) is 12.2 Å². The molecule has 3 unspecified atom stereocenters. The molecule has 3 atom stereocenters. The number of esters is 1. The van der Waals surface area contributed by atoms with Crippen molar-refractivity contribution in [1.82, 2.24) is 5.32 Å². The Morgan fingerprint density at radius 1 is 1.69 bits per heavy atom. The number of alkyl halides is 1. The summed E-state index contributed by atoms with van der Waals surface area (Å²) in [6.45, 7) is 0.964. The van der Waals surface area contributed by atoms with Crippen molar-refractivity contribution < 1.29 is 9.53 Å². The molecule has 3 rings (SSSR count). The molecule has 2 bridgehead atoms. The summed E-state index contributed by atoms with van der Waals surface area (Å²) < 4.78 is 4.24. The molecule has 0 saturated carbocycles. The highest BCUT2D eigenvalue weighted by molar-refractivity contribution is 9.10. The van der Waals surface area contributed by atoms with Crippen molar-refractivity contribution in [2.24, 2.45) is 5.92 Å². The standard InChI is InChI=1S/C9H12BrNO2/c1-13-8(12)9(10)4-6-2-3-7(9)11-5-6/h2-3,6-7,11H,4-5H2,1H3. The van der Waals surface area contributed by atoms with Crippen LogP contribution in [0, 0.1) is 5.92 Å². The summed E-state index contributed by atoms with van der Waals surface area (Å²) in [5, 5.41) is 3.29. The van der Waals surface area contributed by atoms with Crippen LogP contribution in [0.4, 0.5) is 0 Å². The van der Waals surface area contributed by atoms with Crippen LogP contribution in [-0.2, 0) is 9.53 Å². The van der Waals surface area contributed by atoms with Gasteiger partial charge in [0.25, 0.3) is 0 Å². The Kier molecular flexibility index (Phi) is 2.20. The fraction of sp³-hybridized carbons (Fsp3) is 0.667. The average molecular weight is 246 g/mol. The first-order valence-corrected chi connectivity index (χ1v) is 5.15. The van der Waals surface area contributed by atoms with Crippen molar-refractivity contribution in [2.45, 2.75) is 16.8 Å². The van der Waals surface area contributed by atoms with E-state index in [2.05, 4.69) is 27.3 Å². The quantitative estimate of drug-likeness (QED) is 0.423. The van der Waals surface area contributed by atoms with Crippen LogP contribution in [0.5, 0.6) is 0 Å². The number of rotatable bonds is 1. The van der Waals surface area contributed by atoms with Gasteiger partial charge in [-0.3, -0.25) is 4.79 Å². The van der Waals surface area contributed by atoms with E-state index < -0.39 is 4.32 Å². The van der Waals surface area contributed by atoms with Crippen LogP contribution in [0.3, 0.4) is 0 Å². The van der Waals surface area contributed by atoms with E-state index in [9.17, 15) is 4.79 Å². The third kappa shape index (κ3) is 1.32. The van der Waals surface area contributed by atoms with E-state index in [1.54, 1.807) is 0 Å². The van der Waals surface area contributed by atoms with Crippen LogP contribution in [0.1, 0.15) is 6.42 Å². The topological polar surface area (TPSA) is 38.3 Å². The van der Waals surface area contributed by atoms with Crippen LogP contribution < -0.4 is 5.32 Å². The predicted octanol–water partition coefficient (Wildman–Crippen LogP) is 0.841. The van der Waals surface area contributed by atoms with Crippen molar-refractivity contribution >= 4 is 21.9 Å². The normalized spacial score (nSPS) is 42.0. The highest BCUT2D eigenvalue weighted by Gasteiger charge is 2.49. The highest BCUT2D eigenvalue weighted by atomic mass is 79.9. The number of nitrogens with one attached hydrogen (secondary N) is 1. The Morgan fingerprint density at radius 2 is 2.46 bits per heavy atom. The number of hydrogen-bond donors (Lipinski definition) is 1. The molecule has 0 radical (unpaired) electrons. The molecule has 2 aliphatic heterocycles. The minimum Gasteiger partial charge on any atom is -0.468 e. The van der Waals surface area contributed by atoms with Gasteiger partial charge in [0.15, 0.2) is 0 Å². The van der Waals surface area contributed by atoms with Gasteiger partial charge in [-0.1, -0.05) is 28.1 Å². The van der Waals surface area contributed by atoms with Crippen LogP contribution in [-0.4, -0.2) is 30.0 Å². The maximum absolute atomic E-state index is 11.5. The lowest BCUT2D eigenvalue weighted by atomic mass is 9.79. The molecule has 0 spiro atoms. The van der Waals surface area contributed by atoms with Crippen molar-refractivity contribution in [2.75, 3.05) is 13.7 Å². The first-order valence-electron chi connectivity index (χ1n) is 4.36. The van der Waals surface area contributed by atoms with Crippen molar-refractivity contribution in [1.29, 1.82) is 0 Å². The van der Waals surface area contributed by atoms with E-state index in [1.165, 1.54) is 7.11 Å². The molecule has 72 valence electrons. The van der Waals surface area contributed by atoms with Gasteiger partial charge in [0.2, 0.25) is 0 Å². The molecule has 0 aromatic rings. The first-order chi connectivity index (χ1) is 6.16. The molecule has 0 amide bonds. The monoisotopic (exact) mass is 245 g/mol. The van der Waals surface area contributed by atoms with E-state index in [0.29, 0.717) is 5.92 Å². The molecule has 2 heterocycles. The lowest BCUT2D eigenvalue weighted by Crippen LogP contribution is -2.59. The number of ether oxygens (including phenoxy) is 1. The number of halogens is 1. The molecular formula is C9H12BrNO2. The fourth-order valence-corrected chi connectivity index (χ4v) is 2.92.